The first-order chi connectivity index (χ1) is 7.58. The first kappa shape index (κ1) is 14.5. The SMILES string of the molecule is CCC(CC)C(C)NCc1cc(Br)c(Cl)s1. The molecule has 1 atom stereocenters. The van der Waals surface area contributed by atoms with Crippen LogP contribution in [0.2, 0.25) is 4.34 Å². The van der Waals surface area contributed by atoms with Gasteiger partial charge in [-0.15, -0.1) is 11.3 Å². The third-order valence-electron chi connectivity index (χ3n) is 3.05. The molecule has 0 saturated carbocycles. The van der Waals surface area contributed by atoms with Crippen molar-refractivity contribution in [3.8, 4) is 0 Å². The molecule has 1 nitrogen and oxygen atoms in total. The Hall–Kier alpha value is 0.430. The number of thiophene rings is 1. The number of hydrogen-bond donors (Lipinski definition) is 1. The van der Waals surface area contributed by atoms with E-state index in [4.69, 9.17) is 11.6 Å². The van der Waals surface area contributed by atoms with Crippen LogP contribution in [0.3, 0.4) is 0 Å². The molecule has 0 aromatic carbocycles. The molecule has 1 rings (SSSR count). The molecule has 0 bridgehead atoms. The molecule has 0 saturated heterocycles. The highest BCUT2D eigenvalue weighted by Gasteiger charge is 2.13. The van der Waals surface area contributed by atoms with E-state index in [9.17, 15) is 0 Å². The molecule has 0 aliphatic heterocycles. The molecule has 16 heavy (non-hydrogen) atoms. The summed E-state index contributed by atoms with van der Waals surface area (Å²) >= 11 is 11.1. The topological polar surface area (TPSA) is 12.0 Å². The summed E-state index contributed by atoms with van der Waals surface area (Å²) in [5.74, 6) is 0.763. The summed E-state index contributed by atoms with van der Waals surface area (Å²) in [6, 6.07) is 2.66. The molecule has 0 amide bonds. The molecule has 0 spiro atoms. The predicted molar refractivity (Wildman–Crippen MR) is 77.4 cm³/mol. The summed E-state index contributed by atoms with van der Waals surface area (Å²) < 4.78 is 1.85. The van der Waals surface area contributed by atoms with Gasteiger partial charge in [0.2, 0.25) is 0 Å². The zero-order chi connectivity index (χ0) is 12.1. The van der Waals surface area contributed by atoms with Crippen molar-refractivity contribution in [1.29, 1.82) is 0 Å². The van der Waals surface area contributed by atoms with Crippen molar-refractivity contribution >= 4 is 38.9 Å². The largest absolute Gasteiger partial charge is 0.309 e. The third kappa shape index (κ3) is 4.02. The summed E-state index contributed by atoms with van der Waals surface area (Å²) in [5.41, 5.74) is 0. The lowest BCUT2D eigenvalue weighted by Gasteiger charge is -2.22. The first-order valence-electron chi connectivity index (χ1n) is 5.75. The minimum Gasteiger partial charge on any atom is -0.309 e. The van der Waals surface area contributed by atoms with Gasteiger partial charge in [-0.05, 0) is 34.8 Å². The van der Waals surface area contributed by atoms with E-state index in [1.165, 1.54) is 17.7 Å². The number of rotatable bonds is 6. The third-order valence-corrected chi connectivity index (χ3v) is 5.53. The van der Waals surface area contributed by atoms with E-state index in [2.05, 4.69) is 48.1 Å². The van der Waals surface area contributed by atoms with E-state index in [1.807, 2.05) is 0 Å². The van der Waals surface area contributed by atoms with Crippen LogP contribution in [-0.2, 0) is 6.54 Å². The summed E-state index contributed by atoms with van der Waals surface area (Å²) in [5, 5.41) is 3.57. The molecule has 0 radical (unpaired) electrons. The molecular formula is C12H19BrClNS. The van der Waals surface area contributed by atoms with E-state index >= 15 is 0 Å². The summed E-state index contributed by atoms with van der Waals surface area (Å²) in [4.78, 5) is 1.29. The minimum absolute atomic E-state index is 0.564. The summed E-state index contributed by atoms with van der Waals surface area (Å²) in [6.07, 6.45) is 2.47. The molecule has 1 aromatic rings. The van der Waals surface area contributed by atoms with Gasteiger partial charge < -0.3 is 5.32 Å². The quantitative estimate of drug-likeness (QED) is 0.769. The number of halogens is 2. The second-order valence-corrected chi connectivity index (χ2v) is 6.67. The molecule has 92 valence electrons. The van der Waals surface area contributed by atoms with Gasteiger partial charge in [0.05, 0.1) is 0 Å². The fourth-order valence-corrected chi connectivity index (χ4v) is 3.64. The Balaban J connectivity index is 2.45. The Kier molecular flexibility index (Phi) is 6.34. The van der Waals surface area contributed by atoms with Gasteiger partial charge in [0.25, 0.3) is 0 Å². The molecule has 1 heterocycles. The zero-order valence-electron chi connectivity index (χ0n) is 10.0. The van der Waals surface area contributed by atoms with Gasteiger partial charge in [-0.1, -0.05) is 38.3 Å². The van der Waals surface area contributed by atoms with E-state index < -0.39 is 0 Å². The fourth-order valence-electron chi connectivity index (χ4n) is 1.90. The Labute approximate surface area is 116 Å². The monoisotopic (exact) mass is 323 g/mol. The van der Waals surface area contributed by atoms with Crippen LogP contribution in [0.1, 0.15) is 38.5 Å². The number of nitrogens with one attached hydrogen (secondary N) is 1. The highest BCUT2D eigenvalue weighted by Crippen LogP contribution is 2.32. The fraction of sp³-hybridized carbons (Fsp3) is 0.667. The van der Waals surface area contributed by atoms with Gasteiger partial charge in [0.1, 0.15) is 4.34 Å². The molecule has 0 aliphatic rings. The molecule has 0 fully saturated rings. The Bertz CT molecular complexity index is 303. The van der Waals surface area contributed by atoms with Crippen LogP contribution < -0.4 is 5.32 Å². The summed E-state index contributed by atoms with van der Waals surface area (Å²) in [6.45, 7) is 7.69. The van der Waals surface area contributed by atoms with Crippen LogP contribution in [0, 0.1) is 5.92 Å². The van der Waals surface area contributed by atoms with Crippen LogP contribution >= 0.6 is 38.9 Å². The van der Waals surface area contributed by atoms with Crippen molar-refractivity contribution in [3.05, 3.63) is 19.8 Å². The maximum absolute atomic E-state index is 6.01. The van der Waals surface area contributed by atoms with Crippen LogP contribution in [-0.4, -0.2) is 6.04 Å². The van der Waals surface area contributed by atoms with Gasteiger partial charge in [0.15, 0.2) is 0 Å². The molecule has 4 heteroatoms. The lowest BCUT2D eigenvalue weighted by Crippen LogP contribution is -2.32. The van der Waals surface area contributed by atoms with Crippen LogP contribution in [0.5, 0.6) is 0 Å². The lowest BCUT2D eigenvalue weighted by atomic mass is 9.95. The first-order valence-corrected chi connectivity index (χ1v) is 7.74. The van der Waals surface area contributed by atoms with Crippen molar-refractivity contribution < 1.29 is 0 Å². The van der Waals surface area contributed by atoms with E-state index in [-0.39, 0.29) is 0 Å². The van der Waals surface area contributed by atoms with Gasteiger partial charge >= 0.3 is 0 Å². The van der Waals surface area contributed by atoms with Crippen molar-refractivity contribution in [3.63, 3.8) is 0 Å². The second-order valence-electron chi connectivity index (χ2n) is 4.08. The lowest BCUT2D eigenvalue weighted by molar-refractivity contribution is 0.354. The van der Waals surface area contributed by atoms with Crippen molar-refractivity contribution in [1.82, 2.24) is 5.32 Å². The summed E-state index contributed by atoms with van der Waals surface area (Å²) in [7, 11) is 0. The van der Waals surface area contributed by atoms with Crippen molar-refractivity contribution in [2.24, 2.45) is 5.92 Å². The Morgan fingerprint density at radius 2 is 2.06 bits per heavy atom. The molecular weight excluding hydrogens is 306 g/mol. The van der Waals surface area contributed by atoms with E-state index in [0.29, 0.717) is 6.04 Å². The van der Waals surface area contributed by atoms with E-state index in [1.54, 1.807) is 11.3 Å². The van der Waals surface area contributed by atoms with E-state index in [0.717, 1.165) is 21.3 Å². The molecule has 1 aromatic heterocycles. The van der Waals surface area contributed by atoms with Crippen LogP contribution in [0.4, 0.5) is 0 Å². The van der Waals surface area contributed by atoms with Crippen molar-refractivity contribution in [2.75, 3.05) is 0 Å². The maximum atomic E-state index is 6.01. The van der Waals surface area contributed by atoms with Crippen molar-refractivity contribution in [2.45, 2.75) is 46.2 Å². The van der Waals surface area contributed by atoms with Crippen LogP contribution in [0.25, 0.3) is 0 Å². The van der Waals surface area contributed by atoms with Gasteiger partial charge in [-0.3, -0.25) is 0 Å². The zero-order valence-corrected chi connectivity index (χ0v) is 13.2. The average Bonchev–Trinajstić information content (AvgIpc) is 2.57. The molecule has 1 unspecified atom stereocenters. The molecule has 1 N–H and O–H groups in total. The Morgan fingerprint density at radius 3 is 2.50 bits per heavy atom. The number of hydrogen-bond acceptors (Lipinski definition) is 2. The maximum Gasteiger partial charge on any atom is 0.107 e. The average molecular weight is 325 g/mol. The van der Waals surface area contributed by atoms with Gasteiger partial charge in [-0.2, -0.15) is 0 Å². The Morgan fingerprint density at radius 1 is 1.44 bits per heavy atom. The molecule has 0 aliphatic carbocycles. The second kappa shape index (κ2) is 7.00. The minimum atomic E-state index is 0.564. The highest BCUT2D eigenvalue weighted by molar-refractivity contribution is 9.10. The highest BCUT2D eigenvalue weighted by atomic mass is 79.9. The normalized spacial score (nSPS) is 13.4. The van der Waals surface area contributed by atoms with Crippen LogP contribution in [0.15, 0.2) is 10.5 Å². The predicted octanol–water partition coefficient (Wildman–Crippen LogP) is 5.08. The standard InChI is InChI=1S/C12H19BrClNS/c1-4-9(5-2)8(3)15-7-10-6-11(13)12(14)16-10/h6,8-9,15H,4-5,7H2,1-3H3. The van der Waals surface area contributed by atoms with Gasteiger partial charge in [-0.25, -0.2) is 0 Å². The van der Waals surface area contributed by atoms with Gasteiger partial charge in [0, 0.05) is 21.9 Å². The smallest absolute Gasteiger partial charge is 0.107 e.